The minimum atomic E-state index is -0.354. The van der Waals surface area contributed by atoms with E-state index in [1.807, 2.05) is 4.90 Å². The van der Waals surface area contributed by atoms with Crippen LogP contribution in [0.2, 0.25) is 0 Å². The maximum atomic E-state index is 12.8. The Labute approximate surface area is 168 Å². The Kier molecular flexibility index (Phi) is 6.48. The summed E-state index contributed by atoms with van der Waals surface area (Å²) in [4.78, 5) is 37.7. The topological polar surface area (TPSA) is 114 Å². The molecule has 0 radical (unpaired) electrons. The van der Waals surface area contributed by atoms with E-state index in [0.29, 0.717) is 36.7 Å². The molecule has 154 valence electrons. The van der Waals surface area contributed by atoms with Crippen molar-refractivity contribution < 1.29 is 19.1 Å². The first-order chi connectivity index (χ1) is 14.0. The third kappa shape index (κ3) is 4.92. The molecule has 0 spiro atoms. The highest BCUT2D eigenvalue weighted by molar-refractivity contribution is 5.95. The summed E-state index contributed by atoms with van der Waals surface area (Å²) in [6, 6.07) is 7.79. The molecule has 2 heterocycles. The lowest BCUT2D eigenvalue weighted by Crippen LogP contribution is -2.41. The Morgan fingerprint density at radius 1 is 1.14 bits per heavy atom. The molecule has 1 fully saturated rings. The quantitative estimate of drug-likeness (QED) is 0.750. The average molecular weight is 400 g/mol. The molecule has 1 aliphatic rings. The van der Waals surface area contributed by atoms with E-state index in [1.54, 1.807) is 25.3 Å². The molecule has 1 aromatic heterocycles. The predicted molar refractivity (Wildman–Crippen MR) is 105 cm³/mol. The van der Waals surface area contributed by atoms with Crippen LogP contribution in [-0.4, -0.2) is 60.8 Å². The largest absolute Gasteiger partial charge is 0.493 e. The van der Waals surface area contributed by atoms with Crippen molar-refractivity contribution in [3.63, 3.8) is 0 Å². The fraction of sp³-hybridized carbons (Fsp3) is 0.400. The van der Waals surface area contributed by atoms with Gasteiger partial charge in [0.2, 0.25) is 0 Å². The lowest BCUT2D eigenvalue weighted by atomic mass is 9.96. The van der Waals surface area contributed by atoms with Crippen LogP contribution in [0.15, 0.2) is 35.1 Å². The molecular formula is C20H24N4O5. The number of carbonyl (C=O) groups excluding carboxylic acids is 2. The van der Waals surface area contributed by atoms with E-state index in [0.717, 1.165) is 12.8 Å². The van der Waals surface area contributed by atoms with Gasteiger partial charge in [0.1, 0.15) is 5.69 Å². The lowest BCUT2D eigenvalue weighted by molar-refractivity contribution is 0.0683. The van der Waals surface area contributed by atoms with Crippen LogP contribution in [0.3, 0.4) is 0 Å². The molecule has 0 atom stereocenters. The SMILES string of the molecule is COc1ccc(C(=O)N2CCC(CNC(=O)c3ccc(=O)[nH]n3)CC2)cc1OC. The van der Waals surface area contributed by atoms with Gasteiger partial charge in [-0.25, -0.2) is 5.10 Å². The number of benzene rings is 1. The van der Waals surface area contributed by atoms with Gasteiger partial charge in [0.05, 0.1) is 14.2 Å². The fourth-order valence-corrected chi connectivity index (χ4v) is 3.29. The molecule has 9 heteroatoms. The number of nitrogens with zero attached hydrogens (tertiary/aromatic N) is 2. The second-order valence-electron chi connectivity index (χ2n) is 6.82. The summed E-state index contributed by atoms with van der Waals surface area (Å²) in [5.41, 5.74) is 0.372. The Morgan fingerprint density at radius 2 is 1.86 bits per heavy atom. The molecule has 29 heavy (non-hydrogen) atoms. The van der Waals surface area contributed by atoms with E-state index in [-0.39, 0.29) is 29.0 Å². The van der Waals surface area contributed by atoms with Gasteiger partial charge >= 0.3 is 0 Å². The third-order valence-electron chi connectivity index (χ3n) is 5.00. The normalized spacial score (nSPS) is 14.3. The molecule has 0 unspecified atom stereocenters. The molecule has 1 aliphatic heterocycles. The number of aromatic nitrogens is 2. The highest BCUT2D eigenvalue weighted by Gasteiger charge is 2.25. The second kappa shape index (κ2) is 9.22. The van der Waals surface area contributed by atoms with Crippen LogP contribution in [0.4, 0.5) is 0 Å². The highest BCUT2D eigenvalue weighted by atomic mass is 16.5. The van der Waals surface area contributed by atoms with Crippen molar-refractivity contribution in [3.8, 4) is 11.5 Å². The maximum absolute atomic E-state index is 12.8. The zero-order valence-electron chi connectivity index (χ0n) is 16.4. The number of hydrogen-bond donors (Lipinski definition) is 2. The Hall–Kier alpha value is -3.36. The third-order valence-corrected chi connectivity index (χ3v) is 5.00. The van der Waals surface area contributed by atoms with E-state index in [4.69, 9.17) is 9.47 Å². The molecule has 9 nitrogen and oxygen atoms in total. The van der Waals surface area contributed by atoms with Gasteiger partial charge in [-0.05, 0) is 43.0 Å². The summed E-state index contributed by atoms with van der Waals surface area (Å²) < 4.78 is 10.5. The summed E-state index contributed by atoms with van der Waals surface area (Å²) in [5.74, 6) is 0.995. The molecule has 2 amide bonds. The van der Waals surface area contributed by atoms with Crippen molar-refractivity contribution >= 4 is 11.8 Å². The molecule has 0 bridgehead atoms. The molecule has 1 saturated heterocycles. The molecule has 1 aromatic carbocycles. The Bertz CT molecular complexity index is 914. The second-order valence-corrected chi connectivity index (χ2v) is 6.82. The average Bonchev–Trinajstić information content (AvgIpc) is 2.77. The Balaban J connectivity index is 1.51. The van der Waals surface area contributed by atoms with Crippen molar-refractivity contribution in [1.29, 1.82) is 0 Å². The summed E-state index contributed by atoms with van der Waals surface area (Å²) in [6.45, 7) is 1.73. The number of likely N-dealkylation sites (tertiary alicyclic amines) is 1. The number of aromatic amines is 1. The van der Waals surface area contributed by atoms with Gasteiger partial charge in [-0.15, -0.1) is 0 Å². The first kappa shape index (κ1) is 20.4. The Morgan fingerprint density at radius 3 is 2.48 bits per heavy atom. The van der Waals surface area contributed by atoms with E-state index in [9.17, 15) is 14.4 Å². The van der Waals surface area contributed by atoms with E-state index >= 15 is 0 Å². The van der Waals surface area contributed by atoms with Crippen LogP contribution in [-0.2, 0) is 0 Å². The van der Waals surface area contributed by atoms with Crippen molar-refractivity contribution in [1.82, 2.24) is 20.4 Å². The smallest absolute Gasteiger partial charge is 0.271 e. The molecule has 0 saturated carbocycles. The van der Waals surface area contributed by atoms with E-state index < -0.39 is 0 Å². The zero-order valence-corrected chi connectivity index (χ0v) is 16.4. The van der Waals surface area contributed by atoms with Crippen molar-refractivity contribution in [2.24, 2.45) is 5.92 Å². The zero-order chi connectivity index (χ0) is 20.8. The summed E-state index contributed by atoms with van der Waals surface area (Å²) in [7, 11) is 3.09. The van der Waals surface area contributed by atoms with Gasteiger partial charge in [0, 0.05) is 31.3 Å². The van der Waals surface area contributed by atoms with Crippen LogP contribution in [0.5, 0.6) is 11.5 Å². The number of carbonyl (C=O) groups is 2. The van der Waals surface area contributed by atoms with Crippen LogP contribution in [0.25, 0.3) is 0 Å². The number of nitrogens with one attached hydrogen (secondary N) is 2. The molecule has 2 N–H and O–H groups in total. The maximum Gasteiger partial charge on any atom is 0.271 e. The standard InChI is InChI=1S/C20H24N4O5/c1-28-16-5-3-14(11-17(16)29-2)20(27)24-9-7-13(8-10-24)12-21-19(26)15-4-6-18(25)23-22-15/h3-6,11,13H,7-10,12H2,1-2H3,(H,21,26)(H,23,25). The molecular weight excluding hydrogens is 376 g/mol. The summed E-state index contributed by atoms with van der Waals surface area (Å²) >= 11 is 0. The first-order valence-corrected chi connectivity index (χ1v) is 9.37. The number of piperidine rings is 1. The van der Waals surface area contributed by atoms with Gasteiger partial charge in [-0.1, -0.05) is 0 Å². The number of hydrogen-bond acceptors (Lipinski definition) is 6. The predicted octanol–water partition coefficient (Wildman–Crippen LogP) is 1.07. The van der Waals surface area contributed by atoms with E-state index in [2.05, 4.69) is 15.5 Å². The van der Waals surface area contributed by atoms with Crippen LogP contribution in [0, 0.1) is 5.92 Å². The highest BCUT2D eigenvalue weighted by Crippen LogP contribution is 2.28. The summed E-state index contributed by atoms with van der Waals surface area (Å²) in [5, 5.41) is 8.79. The van der Waals surface area contributed by atoms with Gasteiger partial charge in [-0.3, -0.25) is 14.4 Å². The van der Waals surface area contributed by atoms with Gasteiger partial charge in [0.25, 0.3) is 17.4 Å². The number of amides is 2. The first-order valence-electron chi connectivity index (χ1n) is 9.37. The van der Waals surface area contributed by atoms with Gasteiger partial charge in [0.15, 0.2) is 11.5 Å². The fourth-order valence-electron chi connectivity index (χ4n) is 3.29. The van der Waals surface area contributed by atoms with Crippen molar-refractivity contribution in [2.75, 3.05) is 33.9 Å². The minimum absolute atomic E-state index is 0.0501. The van der Waals surface area contributed by atoms with Crippen molar-refractivity contribution in [3.05, 3.63) is 51.9 Å². The monoisotopic (exact) mass is 400 g/mol. The molecule has 2 aromatic rings. The van der Waals surface area contributed by atoms with Gasteiger partial charge in [-0.2, -0.15) is 5.10 Å². The number of methoxy groups -OCH3 is 2. The number of rotatable bonds is 6. The van der Waals surface area contributed by atoms with Crippen LogP contribution < -0.4 is 20.3 Å². The molecule has 0 aliphatic carbocycles. The molecule has 3 rings (SSSR count). The van der Waals surface area contributed by atoms with Crippen LogP contribution in [0.1, 0.15) is 33.7 Å². The minimum Gasteiger partial charge on any atom is -0.493 e. The number of H-pyrrole nitrogens is 1. The summed E-state index contributed by atoms with van der Waals surface area (Å²) in [6.07, 6.45) is 1.58. The van der Waals surface area contributed by atoms with Gasteiger partial charge < -0.3 is 19.7 Å². The van der Waals surface area contributed by atoms with Crippen LogP contribution >= 0.6 is 0 Å². The lowest BCUT2D eigenvalue weighted by Gasteiger charge is -2.32. The van der Waals surface area contributed by atoms with E-state index in [1.165, 1.54) is 19.2 Å². The number of ether oxygens (including phenoxy) is 2. The van der Waals surface area contributed by atoms with Crippen molar-refractivity contribution in [2.45, 2.75) is 12.8 Å².